The zero-order valence-corrected chi connectivity index (χ0v) is 12.4. The third-order valence-corrected chi connectivity index (χ3v) is 3.84. The number of benzene rings is 1. The highest BCUT2D eigenvalue weighted by Gasteiger charge is 2.24. The Labute approximate surface area is 120 Å². The number of halogens is 1. The monoisotopic (exact) mass is 281 g/mol. The van der Waals surface area contributed by atoms with Crippen molar-refractivity contribution < 1.29 is 14.3 Å². The average molecular weight is 281 g/mol. The van der Waals surface area contributed by atoms with Crippen molar-refractivity contribution in [3.8, 4) is 0 Å². The van der Waals surface area contributed by atoms with Gasteiger partial charge in [0.25, 0.3) is 0 Å². The molecule has 1 rings (SSSR count). The van der Waals surface area contributed by atoms with Crippen LogP contribution >= 0.6 is 0 Å². The topological polar surface area (TPSA) is 49.3 Å². The molecule has 2 N–H and O–H groups in total. The van der Waals surface area contributed by atoms with Gasteiger partial charge in [-0.05, 0) is 30.9 Å². The number of amides is 1. The number of aliphatic hydroxyl groups is 1. The van der Waals surface area contributed by atoms with Crippen LogP contribution < -0.4 is 5.32 Å². The van der Waals surface area contributed by atoms with Crippen LogP contribution in [0.3, 0.4) is 0 Å². The molecule has 1 unspecified atom stereocenters. The van der Waals surface area contributed by atoms with E-state index in [-0.39, 0.29) is 24.2 Å². The fourth-order valence-corrected chi connectivity index (χ4v) is 2.01. The number of hydrogen-bond acceptors (Lipinski definition) is 2. The lowest BCUT2D eigenvalue weighted by Crippen LogP contribution is -2.43. The smallest absolute Gasteiger partial charge is 0.223 e. The maximum absolute atomic E-state index is 13.5. The predicted molar refractivity (Wildman–Crippen MR) is 77.8 cm³/mol. The van der Waals surface area contributed by atoms with Gasteiger partial charge in [0.15, 0.2) is 0 Å². The highest BCUT2D eigenvalue weighted by Crippen LogP contribution is 2.15. The summed E-state index contributed by atoms with van der Waals surface area (Å²) in [4.78, 5) is 12.0. The lowest BCUT2D eigenvalue weighted by atomic mass is 9.96. The van der Waals surface area contributed by atoms with E-state index in [1.165, 1.54) is 6.07 Å². The van der Waals surface area contributed by atoms with E-state index in [2.05, 4.69) is 5.32 Å². The van der Waals surface area contributed by atoms with Crippen LogP contribution in [0.4, 0.5) is 4.39 Å². The van der Waals surface area contributed by atoms with Crippen molar-refractivity contribution in [3.63, 3.8) is 0 Å². The van der Waals surface area contributed by atoms with Crippen LogP contribution in [0.5, 0.6) is 0 Å². The molecule has 4 heteroatoms. The van der Waals surface area contributed by atoms with Crippen LogP contribution in [0.25, 0.3) is 0 Å². The summed E-state index contributed by atoms with van der Waals surface area (Å²) in [5.41, 5.74) is -0.315. The van der Waals surface area contributed by atoms with E-state index in [0.29, 0.717) is 24.8 Å². The van der Waals surface area contributed by atoms with Gasteiger partial charge < -0.3 is 10.4 Å². The molecule has 0 saturated carbocycles. The van der Waals surface area contributed by atoms with Gasteiger partial charge in [-0.3, -0.25) is 4.79 Å². The molecular formula is C16H24FNO2. The molecule has 0 spiro atoms. The Balaban J connectivity index is 2.54. The minimum absolute atomic E-state index is 0.159. The molecule has 0 fully saturated rings. The Hall–Kier alpha value is -1.42. The van der Waals surface area contributed by atoms with Crippen LogP contribution in [0.15, 0.2) is 24.3 Å². The first-order chi connectivity index (χ1) is 9.41. The third-order valence-electron chi connectivity index (χ3n) is 3.84. The minimum Gasteiger partial charge on any atom is -0.388 e. The molecule has 112 valence electrons. The second-order valence-corrected chi connectivity index (χ2v) is 5.35. The van der Waals surface area contributed by atoms with Crippen LogP contribution in [0.2, 0.25) is 0 Å². The van der Waals surface area contributed by atoms with Gasteiger partial charge in [-0.2, -0.15) is 0 Å². The maximum Gasteiger partial charge on any atom is 0.223 e. The van der Waals surface area contributed by atoms with Crippen LogP contribution in [-0.4, -0.2) is 23.2 Å². The molecule has 0 aromatic heterocycles. The molecule has 0 bridgehead atoms. The maximum atomic E-state index is 13.5. The minimum atomic E-state index is -0.854. The SMILES string of the molecule is CCC(O)(CC)CNC(=O)C(C)Cc1ccccc1F. The highest BCUT2D eigenvalue weighted by atomic mass is 19.1. The van der Waals surface area contributed by atoms with Crippen molar-refractivity contribution in [3.05, 3.63) is 35.6 Å². The van der Waals surface area contributed by atoms with E-state index in [4.69, 9.17) is 0 Å². The Morgan fingerprint density at radius 3 is 2.50 bits per heavy atom. The molecule has 1 aromatic carbocycles. The standard InChI is InChI=1S/C16H24FNO2/c1-4-16(20,5-2)11-18-15(19)12(3)10-13-8-6-7-9-14(13)17/h6-9,12,20H,4-5,10-11H2,1-3H3,(H,18,19). The Morgan fingerprint density at radius 1 is 1.35 bits per heavy atom. The summed E-state index contributed by atoms with van der Waals surface area (Å²) >= 11 is 0. The molecule has 20 heavy (non-hydrogen) atoms. The Kier molecular flexibility index (Phi) is 6.14. The van der Waals surface area contributed by atoms with Gasteiger partial charge in [0, 0.05) is 12.5 Å². The van der Waals surface area contributed by atoms with E-state index in [0.717, 1.165) is 0 Å². The quantitative estimate of drug-likeness (QED) is 0.807. The summed E-state index contributed by atoms with van der Waals surface area (Å²) in [5, 5.41) is 12.9. The lowest BCUT2D eigenvalue weighted by molar-refractivity contribution is -0.125. The van der Waals surface area contributed by atoms with Crippen molar-refractivity contribution in [2.45, 2.75) is 45.6 Å². The number of nitrogens with one attached hydrogen (secondary N) is 1. The van der Waals surface area contributed by atoms with Crippen molar-refractivity contribution in [1.82, 2.24) is 5.32 Å². The van der Waals surface area contributed by atoms with E-state index >= 15 is 0 Å². The van der Waals surface area contributed by atoms with Crippen molar-refractivity contribution >= 4 is 5.91 Å². The molecule has 0 aliphatic carbocycles. The number of carbonyl (C=O) groups excluding carboxylic acids is 1. The van der Waals surface area contributed by atoms with Gasteiger partial charge in [0.2, 0.25) is 5.91 Å². The van der Waals surface area contributed by atoms with Crippen LogP contribution in [0.1, 0.15) is 39.2 Å². The Bertz CT molecular complexity index is 444. The van der Waals surface area contributed by atoms with Gasteiger partial charge >= 0.3 is 0 Å². The molecule has 0 radical (unpaired) electrons. The molecule has 0 heterocycles. The van der Waals surface area contributed by atoms with E-state index < -0.39 is 5.60 Å². The summed E-state index contributed by atoms with van der Waals surface area (Å²) in [6, 6.07) is 6.47. The molecule has 1 atom stereocenters. The molecule has 3 nitrogen and oxygen atoms in total. The van der Waals surface area contributed by atoms with Crippen molar-refractivity contribution in [2.75, 3.05) is 6.54 Å². The number of rotatable bonds is 7. The second-order valence-electron chi connectivity index (χ2n) is 5.35. The van der Waals surface area contributed by atoms with Crippen LogP contribution in [-0.2, 0) is 11.2 Å². The summed E-state index contributed by atoms with van der Waals surface area (Å²) in [6.07, 6.45) is 1.53. The molecule has 0 aliphatic rings. The summed E-state index contributed by atoms with van der Waals surface area (Å²) in [7, 11) is 0. The predicted octanol–water partition coefficient (Wildman–Crippen LogP) is 2.67. The largest absolute Gasteiger partial charge is 0.388 e. The fourth-order valence-electron chi connectivity index (χ4n) is 2.01. The van der Waals surface area contributed by atoms with Gasteiger partial charge in [0.1, 0.15) is 5.82 Å². The lowest BCUT2D eigenvalue weighted by Gasteiger charge is -2.26. The van der Waals surface area contributed by atoms with Gasteiger partial charge in [0.05, 0.1) is 5.60 Å². The van der Waals surface area contributed by atoms with E-state index in [9.17, 15) is 14.3 Å². The normalized spacial score (nSPS) is 13.1. The molecule has 1 amide bonds. The summed E-state index contributed by atoms with van der Waals surface area (Å²) in [5.74, 6) is -0.774. The van der Waals surface area contributed by atoms with Crippen LogP contribution in [0, 0.1) is 11.7 Å². The van der Waals surface area contributed by atoms with Crippen molar-refractivity contribution in [1.29, 1.82) is 0 Å². The average Bonchev–Trinajstić information content (AvgIpc) is 2.46. The second kappa shape index (κ2) is 7.39. The van der Waals surface area contributed by atoms with E-state index in [1.54, 1.807) is 25.1 Å². The molecular weight excluding hydrogens is 257 g/mol. The van der Waals surface area contributed by atoms with Crippen molar-refractivity contribution in [2.24, 2.45) is 5.92 Å². The van der Waals surface area contributed by atoms with Gasteiger partial charge in [-0.1, -0.05) is 39.0 Å². The number of hydrogen-bond donors (Lipinski definition) is 2. The molecule has 0 aliphatic heterocycles. The summed E-state index contributed by atoms with van der Waals surface area (Å²) in [6.45, 7) is 5.77. The first kappa shape index (κ1) is 16.6. The number of carbonyl (C=O) groups is 1. The first-order valence-electron chi connectivity index (χ1n) is 7.15. The summed E-state index contributed by atoms with van der Waals surface area (Å²) < 4.78 is 13.5. The Morgan fingerprint density at radius 2 is 1.95 bits per heavy atom. The van der Waals surface area contributed by atoms with Gasteiger partial charge in [-0.25, -0.2) is 4.39 Å². The molecule has 1 aromatic rings. The zero-order valence-electron chi connectivity index (χ0n) is 12.4. The molecule has 0 saturated heterocycles. The zero-order chi connectivity index (χ0) is 15.2. The van der Waals surface area contributed by atoms with Gasteiger partial charge in [-0.15, -0.1) is 0 Å². The highest BCUT2D eigenvalue weighted by molar-refractivity contribution is 5.78. The van der Waals surface area contributed by atoms with E-state index in [1.807, 2.05) is 13.8 Å². The fraction of sp³-hybridized carbons (Fsp3) is 0.562. The first-order valence-corrected chi connectivity index (χ1v) is 7.15. The third kappa shape index (κ3) is 4.60.